The summed E-state index contributed by atoms with van der Waals surface area (Å²) in [5.41, 5.74) is 3.38. The Balaban J connectivity index is 1.93. The number of para-hydroxylation sites is 1. The average molecular weight is 423 g/mol. The Kier molecular flexibility index (Phi) is 6.02. The van der Waals surface area contributed by atoms with Gasteiger partial charge in [0.25, 0.3) is 5.91 Å². The minimum atomic E-state index is -4.53. The van der Waals surface area contributed by atoms with Crippen LogP contribution in [0.4, 0.5) is 18.9 Å². The third-order valence-corrected chi connectivity index (χ3v) is 4.94. The Labute approximate surface area is 178 Å². The van der Waals surface area contributed by atoms with E-state index in [9.17, 15) is 23.2 Å². The maximum Gasteiger partial charge on any atom is 0.416 e. The van der Waals surface area contributed by atoms with Crippen molar-refractivity contribution in [2.45, 2.75) is 26.9 Å². The summed E-state index contributed by atoms with van der Waals surface area (Å²) in [6.45, 7) is 5.80. The highest BCUT2D eigenvalue weighted by Gasteiger charge is 2.30. The van der Waals surface area contributed by atoms with E-state index in [1.54, 1.807) is 0 Å². The van der Waals surface area contributed by atoms with E-state index in [4.69, 9.17) is 0 Å². The summed E-state index contributed by atoms with van der Waals surface area (Å²) in [5, 5.41) is 11.9. The predicted molar refractivity (Wildman–Crippen MR) is 114 cm³/mol. The number of halogens is 3. The van der Waals surface area contributed by atoms with Crippen molar-refractivity contribution in [3.05, 3.63) is 88.2 Å². The molecule has 1 aromatic heterocycles. The molecule has 2 aromatic carbocycles. The molecule has 0 radical (unpaired) electrons. The molecule has 1 N–H and O–H groups in total. The lowest BCUT2D eigenvalue weighted by Gasteiger charge is -2.12. The van der Waals surface area contributed by atoms with Gasteiger partial charge in [0.2, 0.25) is 0 Å². The number of nitrogens with zero attached hydrogens (tertiary/aromatic N) is 2. The zero-order chi connectivity index (χ0) is 22.8. The molecule has 0 saturated carbocycles. The molecule has 158 valence electrons. The van der Waals surface area contributed by atoms with Gasteiger partial charge in [-0.25, -0.2) is 0 Å². The number of rotatable bonds is 4. The fraction of sp³-hybridized carbons (Fsp3) is 0.167. The van der Waals surface area contributed by atoms with Gasteiger partial charge in [-0.1, -0.05) is 24.3 Å². The third-order valence-electron chi connectivity index (χ3n) is 4.94. The Morgan fingerprint density at radius 3 is 2.42 bits per heavy atom. The first kappa shape index (κ1) is 21.9. The highest BCUT2D eigenvalue weighted by molar-refractivity contribution is 6.09. The van der Waals surface area contributed by atoms with Gasteiger partial charge >= 0.3 is 6.18 Å². The zero-order valence-corrected chi connectivity index (χ0v) is 17.2. The second kappa shape index (κ2) is 8.52. The van der Waals surface area contributed by atoms with Crippen LogP contribution in [0.1, 0.15) is 28.1 Å². The number of alkyl halides is 3. The monoisotopic (exact) mass is 423 g/mol. The molecule has 3 aromatic rings. The molecular formula is C24H20F3N3O. The fourth-order valence-electron chi connectivity index (χ4n) is 3.39. The van der Waals surface area contributed by atoms with Crippen molar-refractivity contribution in [1.29, 1.82) is 5.26 Å². The van der Waals surface area contributed by atoms with E-state index in [1.165, 1.54) is 18.2 Å². The van der Waals surface area contributed by atoms with E-state index in [0.717, 1.165) is 34.8 Å². The largest absolute Gasteiger partial charge is 0.416 e. The van der Waals surface area contributed by atoms with E-state index >= 15 is 0 Å². The zero-order valence-electron chi connectivity index (χ0n) is 17.2. The quantitative estimate of drug-likeness (QED) is 0.415. The number of aromatic nitrogens is 1. The number of anilines is 1. The first-order valence-electron chi connectivity index (χ1n) is 9.47. The smallest absolute Gasteiger partial charge is 0.321 e. The summed E-state index contributed by atoms with van der Waals surface area (Å²) in [6, 6.07) is 15.8. The van der Waals surface area contributed by atoms with Crippen molar-refractivity contribution >= 4 is 17.7 Å². The number of carbonyl (C=O) groups excluding carboxylic acids is 1. The molecule has 0 aliphatic rings. The van der Waals surface area contributed by atoms with Crippen molar-refractivity contribution < 1.29 is 18.0 Å². The molecule has 0 spiro atoms. The lowest BCUT2D eigenvalue weighted by Crippen LogP contribution is -2.14. The van der Waals surface area contributed by atoms with Crippen molar-refractivity contribution in [3.8, 4) is 11.8 Å². The number of benzene rings is 2. The highest BCUT2D eigenvalue weighted by atomic mass is 19.4. The molecule has 0 fully saturated rings. The molecule has 0 aliphatic carbocycles. The first-order valence-corrected chi connectivity index (χ1v) is 9.47. The molecule has 0 bridgehead atoms. The Morgan fingerprint density at radius 1 is 1.06 bits per heavy atom. The van der Waals surface area contributed by atoms with Gasteiger partial charge in [0.15, 0.2) is 0 Å². The van der Waals surface area contributed by atoms with Gasteiger partial charge in [-0.2, -0.15) is 18.4 Å². The number of nitriles is 1. The molecule has 7 heteroatoms. The van der Waals surface area contributed by atoms with Crippen molar-refractivity contribution in [2.24, 2.45) is 0 Å². The van der Waals surface area contributed by atoms with Gasteiger partial charge in [-0.3, -0.25) is 4.79 Å². The topological polar surface area (TPSA) is 57.8 Å². The lowest BCUT2D eigenvalue weighted by atomic mass is 10.1. The summed E-state index contributed by atoms with van der Waals surface area (Å²) in [6.07, 6.45) is -3.08. The van der Waals surface area contributed by atoms with Gasteiger partial charge in [-0.05, 0) is 68.3 Å². The number of hydrogen-bond donors (Lipinski definition) is 1. The van der Waals surface area contributed by atoms with Crippen LogP contribution >= 0.6 is 0 Å². The molecule has 3 rings (SSSR count). The Morgan fingerprint density at radius 2 is 1.77 bits per heavy atom. The van der Waals surface area contributed by atoms with Gasteiger partial charge in [0.1, 0.15) is 11.6 Å². The summed E-state index contributed by atoms with van der Waals surface area (Å²) in [7, 11) is 0. The number of amides is 1. The van der Waals surface area contributed by atoms with Crippen LogP contribution in [0.5, 0.6) is 0 Å². The second-order valence-electron chi connectivity index (χ2n) is 7.15. The second-order valence-corrected chi connectivity index (χ2v) is 7.15. The first-order chi connectivity index (χ1) is 14.6. The SMILES string of the molecule is Cc1ccccc1-n1c(C)cc(/C=C(/C#N)C(=O)Nc2cccc(C(F)(F)F)c2)c1C. The summed E-state index contributed by atoms with van der Waals surface area (Å²) in [4.78, 5) is 12.5. The number of nitrogens with one attached hydrogen (secondary N) is 1. The highest BCUT2D eigenvalue weighted by Crippen LogP contribution is 2.31. The van der Waals surface area contributed by atoms with Gasteiger partial charge in [-0.15, -0.1) is 0 Å². The Hall–Kier alpha value is -3.79. The molecule has 0 atom stereocenters. The summed E-state index contributed by atoms with van der Waals surface area (Å²) in [5.74, 6) is -0.775. The van der Waals surface area contributed by atoms with Crippen molar-refractivity contribution in [2.75, 3.05) is 5.32 Å². The van der Waals surface area contributed by atoms with Gasteiger partial charge in [0, 0.05) is 22.8 Å². The molecule has 1 heterocycles. The van der Waals surface area contributed by atoms with Crippen LogP contribution in [0.3, 0.4) is 0 Å². The van der Waals surface area contributed by atoms with Crippen molar-refractivity contribution in [1.82, 2.24) is 4.57 Å². The average Bonchev–Trinajstić information content (AvgIpc) is 2.99. The van der Waals surface area contributed by atoms with Crippen LogP contribution in [-0.2, 0) is 11.0 Å². The normalized spacial score (nSPS) is 11.8. The third kappa shape index (κ3) is 4.69. The van der Waals surface area contributed by atoms with Crippen LogP contribution < -0.4 is 5.32 Å². The van der Waals surface area contributed by atoms with Gasteiger partial charge in [0.05, 0.1) is 5.56 Å². The summed E-state index contributed by atoms with van der Waals surface area (Å²) < 4.78 is 40.7. The molecule has 0 unspecified atom stereocenters. The van der Waals surface area contributed by atoms with Crippen LogP contribution in [0.25, 0.3) is 11.8 Å². The number of hydrogen-bond acceptors (Lipinski definition) is 2. The fourth-order valence-corrected chi connectivity index (χ4v) is 3.39. The van der Waals surface area contributed by atoms with Gasteiger partial charge < -0.3 is 9.88 Å². The molecule has 0 aliphatic heterocycles. The van der Waals surface area contributed by atoms with Crippen LogP contribution in [0.15, 0.2) is 60.2 Å². The van der Waals surface area contributed by atoms with E-state index in [-0.39, 0.29) is 11.3 Å². The predicted octanol–water partition coefficient (Wildman–Crippen LogP) is 5.97. The molecule has 0 saturated heterocycles. The number of carbonyl (C=O) groups is 1. The molecular weight excluding hydrogens is 403 g/mol. The van der Waals surface area contributed by atoms with Crippen LogP contribution in [0, 0.1) is 32.1 Å². The van der Waals surface area contributed by atoms with E-state index < -0.39 is 17.6 Å². The summed E-state index contributed by atoms with van der Waals surface area (Å²) >= 11 is 0. The van der Waals surface area contributed by atoms with Crippen molar-refractivity contribution in [3.63, 3.8) is 0 Å². The standard InChI is InChI=1S/C24H20F3N3O/c1-15-7-4-5-10-22(15)30-16(2)11-18(17(30)3)12-19(14-28)23(31)29-21-9-6-8-20(13-21)24(25,26)27/h4-13H,1-3H3,(H,29,31)/b19-12-. The minimum Gasteiger partial charge on any atom is -0.321 e. The number of aryl methyl sites for hydroxylation is 2. The Bertz CT molecular complexity index is 1210. The molecule has 1 amide bonds. The maximum atomic E-state index is 12.9. The lowest BCUT2D eigenvalue weighted by molar-refractivity contribution is -0.137. The van der Waals surface area contributed by atoms with E-state index in [0.29, 0.717) is 5.56 Å². The molecule has 31 heavy (non-hydrogen) atoms. The van der Waals surface area contributed by atoms with E-state index in [2.05, 4.69) is 5.32 Å². The van der Waals surface area contributed by atoms with E-state index in [1.807, 2.05) is 61.7 Å². The maximum absolute atomic E-state index is 12.9. The van der Waals surface area contributed by atoms with Crippen LogP contribution in [-0.4, -0.2) is 10.5 Å². The molecule has 4 nitrogen and oxygen atoms in total. The van der Waals surface area contributed by atoms with Crippen LogP contribution in [0.2, 0.25) is 0 Å². The minimum absolute atomic E-state index is 0.0358.